The Morgan fingerprint density at radius 1 is 1.22 bits per heavy atom. The second kappa shape index (κ2) is 10.2. The Balaban J connectivity index is 1.95. The fourth-order valence-electron chi connectivity index (χ4n) is 1.79. The maximum Gasteiger partial charge on any atom is 0.110 e. The molecule has 6 nitrogen and oxygen atoms in total. The topological polar surface area (TPSA) is 66.8 Å². The van der Waals surface area contributed by atoms with Gasteiger partial charge >= 0.3 is 0 Å². The van der Waals surface area contributed by atoms with Crippen LogP contribution in [-0.2, 0) is 14.2 Å². The summed E-state index contributed by atoms with van der Waals surface area (Å²) in [6.07, 6.45) is 0. The van der Waals surface area contributed by atoms with Gasteiger partial charge in [0.15, 0.2) is 0 Å². The van der Waals surface area contributed by atoms with Crippen LogP contribution in [0, 0.1) is 11.3 Å². The fourth-order valence-corrected chi connectivity index (χ4v) is 1.79. The predicted molar refractivity (Wildman–Crippen MR) is 67.4 cm³/mol. The molecule has 1 saturated heterocycles. The quantitative estimate of drug-likeness (QED) is 0.560. The largest absolute Gasteiger partial charge is 0.382 e. The number of nitrogens with one attached hydrogen (secondary N) is 1. The van der Waals surface area contributed by atoms with E-state index in [0.717, 1.165) is 26.2 Å². The van der Waals surface area contributed by atoms with Crippen molar-refractivity contribution in [1.29, 1.82) is 5.26 Å². The highest BCUT2D eigenvalue weighted by atomic mass is 16.5. The van der Waals surface area contributed by atoms with E-state index >= 15 is 0 Å². The van der Waals surface area contributed by atoms with Crippen LogP contribution < -0.4 is 5.32 Å². The normalized spacial score (nSPS) is 20.8. The molecule has 0 aromatic carbocycles. The maximum atomic E-state index is 8.98. The lowest BCUT2D eigenvalue weighted by molar-refractivity contribution is 0.0169. The first-order valence-electron chi connectivity index (χ1n) is 6.37. The van der Waals surface area contributed by atoms with Crippen LogP contribution in [0.1, 0.15) is 0 Å². The van der Waals surface area contributed by atoms with Gasteiger partial charge < -0.3 is 19.5 Å². The highest BCUT2D eigenvalue weighted by molar-refractivity contribution is 4.95. The number of hydrogen-bond donors (Lipinski definition) is 1. The van der Waals surface area contributed by atoms with E-state index in [2.05, 4.69) is 16.3 Å². The molecule has 0 aromatic rings. The van der Waals surface area contributed by atoms with E-state index in [0.29, 0.717) is 33.0 Å². The molecule has 0 aromatic heterocycles. The molecule has 1 N–H and O–H groups in total. The number of nitrogens with zero attached hydrogens (tertiary/aromatic N) is 2. The van der Waals surface area contributed by atoms with Crippen molar-refractivity contribution in [2.24, 2.45) is 0 Å². The van der Waals surface area contributed by atoms with Gasteiger partial charge in [0.1, 0.15) is 6.04 Å². The van der Waals surface area contributed by atoms with E-state index in [1.807, 2.05) is 0 Å². The van der Waals surface area contributed by atoms with Gasteiger partial charge in [-0.25, -0.2) is 0 Å². The van der Waals surface area contributed by atoms with Crippen molar-refractivity contribution in [2.45, 2.75) is 6.04 Å². The van der Waals surface area contributed by atoms with Gasteiger partial charge in [-0.15, -0.1) is 0 Å². The van der Waals surface area contributed by atoms with Gasteiger partial charge in [0.05, 0.1) is 39.1 Å². The molecule has 0 amide bonds. The van der Waals surface area contributed by atoms with Crippen LogP contribution in [-0.4, -0.2) is 77.3 Å². The molecule has 0 bridgehead atoms. The molecule has 0 aliphatic carbocycles. The minimum absolute atomic E-state index is 0.0275. The summed E-state index contributed by atoms with van der Waals surface area (Å²) in [6.45, 7) is 6.45. The minimum atomic E-state index is -0.0275. The molecular formula is C12H23N3O3. The zero-order valence-corrected chi connectivity index (χ0v) is 11.1. The third-order valence-corrected chi connectivity index (χ3v) is 2.83. The van der Waals surface area contributed by atoms with Crippen LogP contribution in [0.25, 0.3) is 0 Å². The molecule has 1 rings (SSSR count). The van der Waals surface area contributed by atoms with E-state index < -0.39 is 0 Å². The summed E-state index contributed by atoms with van der Waals surface area (Å²) in [5.41, 5.74) is 0. The third-order valence-electron chi connectivity index (χ3n) is 2.83. The van der Waals surface area contributed by atoms with E-state index in [1.165, 1.54) is 0 Å². The first-order valence-corrected chi connectivity index (χ1v) is 6.37. The Labute approximate surface area is 109 Å². The highest BCUT2D eigenvalue weighted by Crippen LogP contribution is 2.01. The second-order valence-electron chi connectivity index (χ2n) is 4.10. The molecule has 0 radical (unpaired) electrons. The zero-order valence-electron chi connectivity index (χ0n) is 11.1. The van der Waals surface area contributed by atoms with E-state index in [1.54, 1.807) is 7.11 Å². The van der Waals surface area contributed by atoms with Crippen molar-refractivity contribution in [3.8, 4) is 6.07 Å². The van der Waals surface area contributed by atoms with Crippen LogP contribution in [0.5, 0.6) is 0 Å². The van der Waals surface area contributed by atoms with Crippen molar-refractivity contribution >= 4 is 0 Å². The molecule has 1 fully saturated rings. The maximum absolute atomic E-state index is 8.98. The Morgan fingerprint density at radius 2 is 1.94 bits per heavy atom. The highest BCUT2D eigenvalue weighted by Gasteiger charge is 2.20. The Kier molecular flexibility index (Phi) is 8.73. The number of hydrogen-bond acceptors (Lipinski definition) is 6. The van der Waals surface area contributed by atoms with Crippen molar-refractivity contribution in [1.82, 2.24) is 10.2 Å². The molecule has 0 saturated carbocycles. The van der Waals surface area contributed by atoms with Crippen LogP contribution in [0.4, 0.5) is 0 Å². The van der Waals surface area contributed by atoms with Crippen molar-refractivity contribution in [2.75, 3.05) is 66.3 Å². The molecule has 1 unspecified atom stereocenters. The summed E-state index contributed by atoms with van der Waals surface area (Å²) >= 11 is 0. The van der Waals surface area contributed by atoms with Gasteiger partial charge in [-0.1, -0.05) is 0 Å². The van der Waals surface area contributed by atoms with Gasteiger partial charge in [-0.05, 0) is 0 Å². The average Bonchev–Trinajstić information content (AvgIpc) is 2.42. The summed E-state index contributed by atoms with van der Waals surface area (Å²) in [5, 5.41) is 12.2. The van der Waals surface area contributed by atoms with Crippen molar-refractivity contribution in [3.63, 3.8) is 0 Å². The summed E-state index contributed by atoms with van der Waals surface area (Å²) in [7, 11) is 1.65. The van der Waals surface area contributed by atoms with E-state index in [4.69, 9.17) is 19.5 Å². The third kappa shape index (κ3) is 6.28. The second-order valence-corrected chi connectivity index (χ2v) is 4.10. The predicted octanol–water partition coefficient (Wildman–Crippen LogP) is -0.537. The summed E-state index contributed by atoms with van der Waals surface area (Å²) < 4.78 is 15.6. The molecule has 18 heavy (non-hydrogen) atoms. The molecule has 1 heterocycles. The summed E-state index contributed by atoms with van der Waals surface area (Å²) in [5.74, 6) is 0. The minimum Gasteiger partial charge on any atom is -0.382 e. The SMILES string of the molecule is COCCOCCOCCN1CCNCC1C#N. The van der Waals surface area contributed by atoms with Crippen LogP contribution in [0.3, 0.4) is 0 Å². The molecule has 1 atom stereocenters. The number of ether oxygens (including phenoxy) is 3. The Bertz CT molecular complexity index is 245. The standard InChI is InChI=1S/C12H23N3O3/c1-16-6-7-18-9-8-17-5-4-15-3-2-14-11-12(15)10-13/h12,14H,2-9,11H2,1H3. The first kappa shape index (κ1) is 15.3. The lowest BCUT2D eigenvalue weighted by Crippen LogP contribution is -2.51. The monoisotopic (exact) mass is 257 g/mol. The van der Waals surface area contributed by atoms with Crippen molar-refractivity contribution in [3.05, 3.63) is 0 Å². The average molecular weight is 257 g/mol. The number of rotatable bonds is 9. The zero-order chi connectivity index (χ0) is 13.1. The molecule has 1 aliphatic rings. The first-order chi connectivity index (χ1) is 8.88. The van der Waals surface area contributed by atoms with Crippen LogP contribution in [0.15, 0.2) is 0 Å². The van der Waals surface area contributed by atoms with Gasteiger partial charge in [0, 0.05) is 33.3 Å². The molecule has 0 spiro atoms. The molecule has 104 valence electrons. The Hall–Kier alpha value is -0.710. The summed E-state index contributed by atoms with van der Waals surface area (Å²) in [4.78, 5) is 2.16. The number of nitriles is 1. The lowest BCUT2D eigenvalue weighted by atomic mass is 10.2. The van der Waals surface area contributed by atoms with Gasteiger partial charge in [0.2, 0.25) is 0 Å². The van der Waals surface area contributed by atoms with Crippen molar-refractivity contribution < 1.29 is 14.2 Å². The number of methoxy groups -OCH3 is 1. The van der Waals surface area contributed by atoms with Gasteiger partial charge in [-0.2, -0.15) is 5.26 Å². The molecular weight excluding hydrogens is 234 g/mol. The van der Waals surface area contributed by atoms with E-state index in [9.17, 15) is 0 Å². The number of piperazine rings is 1. The van der Waals surface area contributed by atoms with E-state index in [-0.39, 0.29) is 6.04 Å². The van der Waals surface area contributed by atoms with Gasteiger partial charge in [0.25, 0.3) is 0 Å². The smallest absolute Gasteiger partial charge is 0.110 e. The molecule has 6 heteroatoms. The van der Waals surface area contributed by atoms with Crippen LogP contribution in [0.2, 0.25) is 0 Å². The van der Waals surface area contributed by atoms with Gasteiger partial charge in [-0.3, -0.25) is 4.90 Å². The van der Waals surface area contributed by atoms with Crippen LogP contribution >= 0.6 is 0 Å². The lowest BCUT2D eigenvalue weighted by Gasteiger charge is -2.31. The Morgan fingerprint density at radius 3 is 2.67 bits per heavy atom. The summed E-state index contributed by atoms with van der Waals surface area (Å²) in [6, 6.07) is 2.27. The molecule has 1 aliphatic heterocycles. The fraction of sp³-hybridized carbons (Fsp3) is 0.917.